The van der Waals surface area contributed by atoms with E-state index in [-0.39, 0.29) is 5.91 Å². The predicted molar refractivity (Wildman–Crippen MR) is 76.8 cm³/mol. The zero-order chi connectivity index (χ0) is 13.8. The molecule has 2 rings (SSSR count). The number of ether oxygens (including phenoxy) is 1. The van der Waals surface area contributed by atoms with Crippen LogP contribution in [0.15, 0.2) is 42.5 Å². The highest BCUT2D eigenvalue weighted by Crippen LogP contribution is 2.29. The van der Waals surface area contributed by atoms with Gasteiger partial charge in [0.2, 0.25) is 0 Å². The maximum atomic E-state index is 12.2. The number of nitrogens with two attached hydrogens (primary N) is 1. The minimum absolute atomic E-state index is 0.301. The van der Waals surface area contributed by atoms with E-state index in [1.165, 1.54) is 19.2 Å². The molecular weight excluding hydrogens is 264 g/mol. The van der Waals surface area contributed by atoms with E-state index in [0.29, 0.717) is 27.7 Å². The third kappa shape index (κ3) is 2.98. The predicted octanol–water partition coefficient (Wildman–Crippen LogP) is 3.18. The van der Waals surface area contributed by atoms with E-state index in [2.05, 4.69) is 5.32 Å². The quantitative estimate of drug-likeness (QED) is 0.846. The monoisotopic (exact) mass is 276 g/mol. The molecule has 0 atom stereocenters. The molecule has 98 valence electrons. The molecule has 5 heteroatoms. The number of halogens is 1. The summed E-state index contributed by atoms with van der Waals surface area (Å²) in [5, 5.41) is 3.08. The molecule has 0 aliphatic heterocycles. The molecule has 2 aromatic rings. The number of carbonyl (C=O) groups is 1. The molecule has 0 aliphatic rings. The third-order valence-corrected chi connectivity index (χ3v) is 2.92. The Morgan fingerprint density at radius 1 is 1.26 bits per heavy atom. The first-order chi connectivity index (χ1) is 9.11. The highest BCUT2D eigenvalue weighted by Gasteiger charge is 2.15. The van der Waals surface area contributed by atoms with Crippen molar-refractivity contribution in [2.45, 2.75) is 0 Å². The molecule has 0 heterocycles. The van der Waals surface area contributed by atoms with Crippen molar-refractivity contribution in [3.05, 3.63) is 53.1 Å². The van der Waals surface area contributed by atoms with Crippen molar-refractivity contribution in [1.82, 2.24) is 0 Å². The molecule has 0 aromatic heterocycles. The van der Waals surface area contributed by atoms with Gasteiger partial charge in [0.1, 0.15) is 5.75 Å². The Bertz CT molecular complexity index is 600. The largest absolute Gasteiger partial charge is 0.496 e. The Morgan fingerprint density at radius 3 is 2.58 bits per heavy atom. The first-order valence-electron chi connectivity index (χ1n) is 5.61. The summed E-state index contributed by atoms with van der Waals surface area (Å²) >= 11 is 5.93. The van der Waals surface area contributed by atoms with Gasteiger partial charge in [-0.3, -0.25) is 4.79 Å². The second kappa shape index (κ2) is 5.63. The Balaban J connectivity index is 2.31. The van der Waals surface area contributed by atoms with E-state index in [1.54, 1.807) is 12.1 Å². The number of hydrogen-bond acceptors (Lipinski definition) is 3. The zero-order valence-corrected chi connectivity index (χ0v) is 11.1. The lowest BCUT2D eigenvalue weighted by Crippen LogP contribution is -2.13. The van der Waals surface area contributed by atoms with E-state index < -0.39 is 0 Å². The lowest BCUT2D eigenvalue weighted by atomic mass is 10.1. The summed E-state index contributed by atoms with van der Waals surface area (Å²) in [6.45, 7) is 0. The number of methoxy groups -OCH3 is 1. The summed E-state index contributed by atoms with van der Waals surface area (Å²) in [4.78, 5) is 12.2. The summed E-state index contributed by atoms with van der Waals surface area (Å²) in [7, 11) is 1.47. The molecule has 0 spiro atoms. The Morgan fingerprint density at radius 2 is 1.95 bits per heavy atom. The standard InChI is InChI=1S/C14H13ClN2O2/c1-19-13-8-12(16)11(15)7-10(13)14(18)17-9-5-3-2-4-6-9/h2-8H,16H2,1H3,(H,17,18). The lowest BCUT2D eigenvalue weighted by molar-refractivity contribution is 0.102. The molecular formula is C14H13ClN2O2. The highest BCUT2D eigenvalue weighted by atomic mass is 35.5. The summed E-state index contributed by atoms with van der Waals surface area (Å²) in [5.74, 6) is 0.0836. The van der Waals surface area contributed by atoms with Crippen molar-refractivity contribution in [2.24, 2.45) is 0 Å². The molecule has 2 aromatic carbocycles. The number of para-hydroxylation sites is 1. The first-order valence-corrected chi connectivity index (χ1v) is 5.99. The van der Waals surface area contributed by atoms with Gasteiger partial charge in [0.05, 0.1) is 23.4 Å². The molecule has 0 saturated heterocycles. The fraction of sp³-hybridized carbons (Fsp3) is 0.0714. The molecule has 0 unspecified atom stereocenters. The van der Waals surface area contributed by atoms with Crippen LogP contribution in [-0.2, 0) is 0 Å². The average molecular weight is 277 g/mol. The van der Waals surface area contributed by atoms with E-state index in [9.17, 15) is 4.79 Å². The van der Waals surface area contributed by atoms with Crippen LogP contribution in [0.2, 0.25) is 5.02 Å². The van der Waals surface area contributed by atoms with Crippen LogP contribution in [0.4, 0.5) is 11.4 Å². The molecule has 0 fully saturated rings. The smallest absolute Gasteiger partial charge is 0.259 e. The minimum Gasteiger partial charge on any atom is -0.496 e. The Kier molecular flexibility index (Phi) is 3.92. The number of anilines is 2. The number of carbonyl (C=O) groups excluding carboxylic acids is 1. The van der Waals surface area contributed by atoms with Crippen molar-refractivity contribution in [3.8, 4) is 5.75 Å². The fourth-order valence-electron chi connectivity index (χ4n) is 1.64. The highest BCUT2D eigenvalue weighted by molar-refractivity contribution is 6.33. The van der Waals surface area contributed by atoms with E-state index in [0.717, 1.165) is 0 Å². The van der Waals surface area contributed by atoms with Gasteiger partial charge in [0, 0.05) is 11.8 Å². The summed E-state index contributed by atoms with van der Waals surface area (Å²) in [6.07, 6.45) is 0. The van der Waals surface area contributed by atoms with Crippen LogP contribution in [0, 0.1) is 0 Å². The van der Waals surface area contributed by atoms with E-state index in [1.807, 2.05) is 18.2 Å². The molecule has 0 bridgehead atoms. The second-order valence-corrected chi connectivity index (χ2v) is 4.30. The van der Waals surface area contributed by atoms with Gasteiger partial charge in [-0.1, -0.05) is 29.8 Å². The molecule has 1 amide bonds. The first kappa shape index (κ1) is 13.2. The number of amides is 1. The topological polar surface area (TPSA) is 64.3 Å². The Labute approximate surface area is 116 Å². The van der Waals surface area contributed by atoms with Gasteiger partial charge >= 0.3 is 0 Å². The molecule has 0 saturated carbocycles. The summed E-state index contributed by atoms with van der Waals surface area (Å²) in [5.41, 5.74) is 7.08. The second-order valence-electron chi connectivity index (χ2n) is 3.89. The van der Waals surface area contributed by atoms with Crippen LogP contribution in [0.5, 0.6) is 5.75 Å². The van der Waals surface area contributed by atoms with Gasteiger partial charge < -0.3 is 15.8 Å². The van der Waals surface area contributed by atoms with Crippen LogP contribution >= 0.6 is 11.6 Å². The van der Waals surface area contributed by atoms with E-state index in [4.69, 9.17) is 22.1 Å². The number of benzene rings is 2. The van der Waals surface area contributed by atoms with Crippen molar-refractivity contribution >= 4 is 28.9 Å². The maximum absolute atomic E-state index is 12.2. The average Bonchev–Trinajstić information content (AvgIpc) is 2.42. The number of nitrogens with one attached hydrogen (secondary N) is 1. The fourth-order valence-corrected chi connectivity index (χ4v) is 1.80. The molecule has 0 aliphatic carbocycles. The van der Waals surface area contributed by atoms with Crippen LogP contribution in [0.3, 0.4) is 0 Å². The van der Waals surface area contributed by atoms with E-state index >= 15 is 0 Å². The molecule has 0 radical (unpaired) electrons. The van der Waals surface area contributed by atoms with Gasteiger partial charge in [-0.15, -0.1) is 0 Å². The van der Waals surface area contributed by atoms with Crippen LogP contribution < -0.4 is 15.8 Å². The van der Waals surface area contributed by atoms with Gasteiger partial charge in [-0.25, -0.2) is 0 Å². The van der Waals surface area contributed by atoms with Crippen molar-refractivity contribution in [3.63, 3.8) is 0 Å². The molecule has 3 N–H and O–H groups in total. The SMILES string of the molecule is COc1cc(N)c(Cl)cc1C(=O)Nc1ccccc1. The normalized spacial score (nSPS) is 10.0. The van der Waals surface area contributed by atoms with Crippen molar-refractivity contribution < 1.29 is 9.53 Å². The summed E-state index contributed by atoms with van der Waals surface area (Å²) < 4.78 is 5.14. The number of hydrogen-bond donors (Lipinski definition) is 2. The van der Waals surface area contributed by atoms with Crippen LogP contribution in [0.25, 0.3) is 0 Å². The molecule has 19 heavy (non-hydrogen) atoms. The van der Waals surface area contributed by atoms with Gasteiger partial charge in [-0.2, -0.15) is 0 Å². The van der Waals surface area contributed by atoms with Crippen molar-refractivity contribution in [2.75, 3.05) is 18.2 Å². The third-order valence-electron chi connectivity index (χ3n) is 2.60. The van der Waals surface area contributed by atoms with Crippen molar-refractivity contribution in [1.29, 1.82) is 0 Å². The van der Waals surface area contributed by atoms with Crippen LogP contribution in [0.1, 0.15) is 10.4 Å². The minimum atomic E-state index is -0.301. The van der Waals surface area contributed by atoms with Gasteiger partial charge in [-0.05, 0) is 18.2 Å². The summed E-state index contributed by atoms with van der Waals surface area (Å²) in [6, 6.07) is 12.2. The number of nitrogen functional groups attached to an aromatic ring is 1. The Hall–Kier alpha value is -2.20. The van der Waals surface area contributed by atoms with Gasteiger partial charge in [0.15, 0.2) is 0 Å². The number of rotatable bonds is 3. The lowest BCUT2D eigenvalue weighted by Gasteiger charge is -2.11. The molecule has 4 nitrogen and oxygen atoms in total. The zero-order valence-electron chi connectivity index (χ0n) is 10.3. The van der Waals surface area contributed by atoms with Gasteiger partial charge in [0.25, 0.3) is 5.91 Å². The van der Waals surface area contributed by atoms with Crippen LogP contribution in [-0.4, -0.2) is 13.0 Å². The maximum Gasteiger partial charge on any atom is 0.259 e.